The Balaban J connectivity index is 1.65. The molecule has 44 heavy (non-hydrogen) atoms. The topological polar surface area (TPSA) is 136 Å². The lowest BCUT2D eigenvalue weighted by atomic mass is 10.2. The molecular weight excluding hydrogens is 583 g/mol. The maximum absolute atomic E-state index is 15.0. The van der Waals surface area contributed by atoms with E-state index in [1.807, 2.05) is 75.6 Å². The van der Waals surface area contributed by atoms with Crippen LogP contribution < -0.4 is 14.8 Å². The van der Waals surface area contributed by atoms with Crippen LogP contribution >= 0.6 is 7.75 Å². The van der Waals surface area contributed by atoms with Crippen LogP contribution in [-0.4, -0.2) is 63.1 Å². The van der Waals surface area contributed by atoms with E-state index < -0.39 is 14.0 Å². The highest BCUT2D eigenvalue weighted by Gasteiger charge is 2.40. The average molecular weight is 627 g/mol. The molecule has 4 aromatic rings. The maximum Gasteiger partial charge on any atom is 0.517 e. The SMILES string of the molecule is CCOC(CN(CO[C@H](C)Cn1cnc2c(N)ncnc21)P(=O)(Oc1cccc(CC)c1)Oc1cccc(CC)c1)OCC. The van der Waals surface area contributed by atoms with E-state index in [4.69, 9.17) is 29.0 Å². The Bertz CT molecular complexity index is 1480. The molecule has 0 fully saturated rings. The van der Waals surface area contributed by atoms with Crippen molar-refractivity contribution < 1.29 is 27.8 Å². The smallest absolute Gasteiger partial charge is 0.404 e. The highest BCUT2D eigenvalue weighted by atomic mass is 31.2. The Kier molecular flexibility index (Phi) is 12.1. The molecule has 0 radical (unpaired) electrons. The number of nitrogen functional groups attached to an aromatic ring is 1. The van der Waals surface area contributed by atoms with Gasteiger partial charge < -0.3 is 33.6 Å². The van der Waals surface area contributed by atoms with Gasteiger partial charge in [-0.3, -0.25) is 0 Å². The Morgan fingerprint density at radius 1 is 0.886 bits per heavy atom. The van der Waals surface area contributed by atoms with Gasteiger partial charge >= 0.3 is 7.75 Å². The summed E-state index contributed by atoms with van der Waals surface area (Å²) in [5, 5.41) is 0. The summed E-state index contributed by atoms with van der Waals surface area (Å²) in [6, 6.07) is 15.0. The molecule has 0 unspecified atom stereocenters. The van der Waals surface area contributed by atoms with Crippen molar-refractivity contribution in [3.8, 4) is 11.5 Å². The summed E-state index contributed by atoms with van der Waals surface area (Å²) < 4.78 is 48.9. The third-order valence-electron chi connectivity index (χ3n) is 6.86. The number of fused-ring (bicyclic) bond motifs is 1. The lowest BCUT2D eigenvalue weighted by Gasteiger charge is -2.33. The van der Waals surface area contributed by atoms with Gasteiger partial charge in [-0.1, -0.05) is 38.1 Å². The molecule has 2 heterocycles. The summed E-state index contributed by atoms with van der Waals surface area (Å²) in [4.78, 5) is 12.7. The number of ether oxygens (including phenoxy) is 3. The van der Waals surface area contributed by atoms with E-state index in [1.165, 1.54) is 11.0 Å². The minimum absolute atomic E-state index is 0.0599. The van der Waals surface area contributed by atoms with E-state index >= 15 is 0 Å². The van der Waals surface area contributed by atoms with Crippen LogP contribution in [0.1, 0.15) is 45.7 Å². The molecule has 0 spiro atoms. The van der Waals surface area contributed by atoms with Crippen LogP contribution in [0.3, 0.4) is 0 Å². The number of rotatable bonds is 18. The summed E-state index contributed by atoms with van der Waals surface area (Å²) in [6.07, 6.45) is 3.57. The van der Waals surface area contributed by atoms with Crippen LogP contribution in [0.5, 0.6) is 11.5 Å². The molecule has 0 bridgehead atoms. The predicted octanol–water partition coefficient (Wildman–Crippen LogP) is 5.86. The van der Waals surface area contributed by atoms with Crippen LogP contribution in [0.25, 0.3) is 11.2 Å². The first-order valence-electron chi connectivity index (χ1n) is 15.0. The number of anilines is 1. The highest BCUT2D eigenvalue weighted by Crippen LogP contribution is 2.52. The molecule has 238 valence electrons. The fourth-order valence-electron chi connectivity index (χ4n) is 4.54. The summed E-state index contributed by atoms with van der Waals surface area (Å²) in [6.45, 7) is 10.9. The van der Waals surface area contributed by atoms with E-state index in [9.17, 15) is 4.57 Å². The van der Waals surface area contributed by atoms with Crippen LogP contribution in [-0.2, 0) is 38.2 Å². The van der Waals surface area contributed by atoms with E-state index in [2.05, 4.69) is 15.0 Å². The number of aryl methyl sites for hydroxylation is 2. The van der Waals surface area contributed by atoms with Gasteiger partial charge in [0.15, 0.2) is 17.8 Å². The number of benzene rings is 2. The van der Waals surface area contributed by atoms with Crippen LogP contribution in [0.4, 0.5) is 5.82 Å². The van der Waals surface area contributed by atoms with E-state index in [0.717, 1.165) is 24.0 Å². The second-order valence-corrected chi connectivity index (χ2v) is 12.0. The normalized spacial score (nSPS) is 12.7. The zero-order valence-electron chi connectivity index (χ0n) is 26.1. The predicted molar refractivity (Wildman–Crippen MR) is 169 cm³/mol. The molecule has 0 amide bonds. The minimum Gasteiger partial charge on any atom is -0.404 e. The summed E-state index contributed by atoms with van der Waals surface area (Å²) in [5.41, 5.74) is 9.15. The van der Waals surface area contributed by atoms with Gasteiger partial charge in [0, 0.05) is 13.2 Å². The number of imidazole rings is 1. The molecule has 0 aliphatic rings. The van der Waals surface area contributed by atoms with Crippen molar-refractivity contribution in [2.75, 3.05) is 32.2 Å². The zero-order valence-corrected chi connectivity index (χ0v) is 27.0. The van der Waals surface area contributed by atoms with Crippen molar-refractivity contribution in [1.82, 2.24) is 24.2 Å². The summed E-state index contributed by atoms with van der Waals surface area (Å²) in [7, 11) is -4.12. The molecule has 2 aromatic heterocycles. The van der Waals surface area contributed by atoms with Crippen molar-refractivity contribution >= 4 is 24.7 Å². The Morgan fingerprint density at radius 3 is 2.07 bits per heavy atom. The second-order valence-electron chi connectivity index (χ2n) is 10.1. The van der Waals surface area contributed by atoms with Gasteiger partial charge in [-0.15, -0.1) is 0 Å². The van der Waals surface area contributed by atoms with Crippen molar-refractivity contribution in [1.29, 1.82) is 0 Å². The van der Waals surface area contributed by atoms with Gasteiger partial charge in [-0.2, -0.15) is 4.67 Å². The molecule has 0 aliphatic carbocycles. The van der Waals surface area contributed by atoms with Crippen molar-refractivity contribution in [2.45, 2.75) is 66.4 Å². The summed E-state index contributed by atoms with van der Waals surface area (Å²) in [5.74, 6) is 1.15. The third kappa shape index (κ3) is 8.77. The van der Waals surface area contributed by atoms with Crippen molar-refractivity contribution in [2.24, 2.45) is 0 Å². The number of nitrogens with zero attached hydrogens (tertiary/aromatic N) is 5. The molecular formula is C31H43N6O6P. The quantitative estimate of drug-likeness (QED) is 0.105. The van der Waals surface area contributed by atoms with Gasteiger partial charge in [0.1, 0.15) is 30.1 Å². The molecule has 0 saturated heterocycles. The lowest BCUT2D eigenvalue weighted by molar-refractivity contribution is -0.149. The standard InChI is InChI=1S/C31H43N6O6P/c1-6-24-12-10-14-26(16-24)42-44(38,43-27-15-11-13-25(7-2)17-27)37(19-28(39-8-3)40-9-4)22-41-23(5)18-36-21-35-29-30(32)33-20-34-31(29)36/h10-17,20-21,23,28H,6-9,18-19,22H2,1-5H3,(H2,32,33,34)/t23-/m1/s1. The second kappa shape index (κ2) is 16.0. The number of nitrogens with two attached hydrogens (primary N) is 1. The first-order valence-corrected chi connectivity index (χ1v) is 16.5. The Hall–Kier alpha value is -3.54. The van der Waals surface area contributed by atoms with Crippen molar-refractivity contribution in [3.05, 3.63) is 72.3 Å². The third-order valence-corrected chi connectivity index (χ3v) is 8.71. The zero-order chi connectivity index (χ0) is 31.5. The number of aromatic nitrogens is 4. The minimum atomic E-state index is -4.12. The lowest BCUT2D eigenvalue weighted by Crippen LogP contribution is -2.38. The molecule has 2 aromatic carbocycles. The molecule has 1 atom stereocenters. The molecule has 12 nitrogen and oxygen atoms in total. The fraction of sp³-hybridized carbons (Fsp3) is 0.452. The average Bonchev–Trinajstić information content (AvgIpc) is 3.43. The molecule has 0 aliphatic heterocycles. The molecule has 2 N–H and O–H groups in total. The van der Waals surface area contributed by atoms with Crippen LogP contribution in [0.15, 0.2) is 61.2 Å². The molecule has 4 rings (SSSR count). The van der Waals surface area contributed by atoms with Gasteiger partial charge in [0.05, 0.1) is 25.5 Å². The highest BCUT2D eigenvalue weighted by molar-refractivity contribution is 7.52. The number of hydrogen-bond acceptors (Lipinski definition) is 10. The molecule has 13 heteroatoms. The summed E-state index contributed by atoms with van der Waals surface area (Å²) >= 11 is 0. The van der Waals surface area contributed by atoms with Gasteiger partial charge in [0.2, 0.25) is 0 Å². The van der Waals surface area contributed by atoms with E-state index in [-0.39, 0.29) is 19.4 Å². The largest absolute Gasteiger partial charge is 0.517 e. The van der Waals surface area contributed by atoms with Gasteiger partial charge in [0.25, 0.3) is 0 Å². The maximum atomic E-state index is 15.0. The fourth-order valence-corrected chi connectivity index (χ4v) is 6.11. The molecule has 0 saturated carbocycles. The van der Waals surface area contributed by atoms with Gasteiger partial charge in [-0.05, 0) is 69.0 Å². The monoisotopic (exact) mass is 626 g/mol. The Labute approximate surface area is 259 Å². The Morgan fingerprint density at radius 2 is 1.50 bits per heavy atom. The number of hydrogen-bond donors (Lipinski definition) is 1. The van der Waals surface area contributed by atoms with Crippen LogP contribution in [0, 0.1) is 0 Å². The van der Waals surface area contributed by atoms with Crippen molar-refractivity contribution in [3.63, 3.8) is 0 Å². The van der Waals surface area contributed by atoms with E-state index in [1.54, 1.807) is 18.5 Å². The van der Waals surface area contributed by atoms with E-state index in [0.29, 0.717) is 48.2 Å². The first-order chi connectivity index (χ1) is 21.3. The van der Waals surface area contributed by atoms with Crippen LogP contribution in [0.2, 0.25) is 0 Å². The first kappa shape index (κ1) is 33.4. The van der Waals surface area contributed by atoms with Gasteiger partial charge in [-0.25, -0.2) is 19.5 Å².